The van der Waals surface area contributed by atoms with E-state index in [1.165, 1.54) is 6.07 Å². The van der Waals surface area contributed by atoms with Crippen LogP contribution in [0, 0.1) is 36.1 Å². The van der Waals surface area contributed by atoms with Crippen LogP contribution in [0.4, 0.5) is 17.6 Å². The number of ether oxygens (including phenoxy) is 1. The first-order chi connectivity index (χ1) is 17.9. The molecule has 0 amide bonds. The zero-order valence-electron chi connectivity index (χ0n) is 21.3. The summed E-state index contributed by atoms with van der Waals surface area (Å²) in [6.45, 7) is 5.89. The summed E-state index contributed by atoms with van der Waals surface area (Å²) < 4.78 is 64.4. The summed E-state index contributed by atoms with van der Waals surface area (Å²) >= 11 is 0. The normalized spacial score (nSPS) is 17.5. The zero-order valence-corrected chi connectivity index (χ0v) is 21.3. The Morgan fingerprint density at radius 3 is 2.27 bits per heavy atom. The molecule has 0 aliphatic heterocycles. The molecule has 0 aromatic heterocycles. The molecular weight excluding hydrogens is 476 g/mol. The third kappa shape index (κ3) is 6.44. The van der Waals surface area contributed by atoms with E-state index < -0.39 is 23.3 Å². The van der Waals surface area contributed by atoms with Gasteiger partial charge in [0.2, 0.25) is 5.82 Å². The van der Waals surface area contributed by atoms with Gasteiger partial charge in [0.1, 0.15) is 0 Å². The summed E-state index contributed by atoms with van der Waals surface area (Å²) in [5.74, 6) is -3.10. The highest BCUT2D eigenvalue weighted by molar-refractivity contribution is 5.65. The van der Waals surface area contributed by atoms with Gasteiger partial charge in [0.25, 0.3) is 0 Å². The van der Waals surface area contributed by atoms with Gasteiger partial charge in [-0.3, -0.25) is 0 Å². The highest BCUT2D eigenvalue weighted by atomic mass is 19.2. The highest BCUT2D eigenvalue weighted by Gasteiger charge is 2.27. The Balaban J connectivity index is 1.32. The molecule has 1 fully saturated rings. The van der Waals surface area contributed by atoms with Crippen LogP contribution < -0.4 is 4.74 Å². The molecule has 0 bridgehead atoms. The molecule has 1 saturated carbocycles. The Labute approximate surface area is 217 Å². The molecule has 196 valence electrons. The second-order valence-electron chi connectivity index (χ2n) is 10.1. The Morgan fingerprint density at radius 1 is 0.838 bits per heavy atom. The van der Waals surface area contributed by atoms with Gasteiger partial charge in [-0.2, -0.15) is 4.39 Å². The van der Waals surface area contributed by atoms with Crippen molar-refractivity contribution in [2.45, 2.75) is 64.2 Å². The summed E-state index contributed by atoms with van der Waals surface area (Å²) in [6.07, 6.45) is 7.57. The fraction of sp³-hybridized carbons (Fsp3) is 0.375. The smallest absolute Gasteiger partial charge is 0.200 e. The van der Waals surface area contributed by atoms with E-state index in [2.05, 4.69) is 6.58 Å². The Kier molecular flexibility index (Phi) is 9.07. The van der Waals surface area contributed by atoms with Crippen LogP contribution in [0.3, 0.4) is 0 Å². The third-order valence-corrected chi connectivity index (χ3v) is 7.52. The molecule has 0 unspecified atom stereocenters. The molecule has 0 atom stereocenters. The van der Waals surface area contributed by atoms with Crippen LogP contribution in [0.1, 0.15) is 67.6 Å². The van der Waals surface area contributed by atoms with Crippen LogP contribution in [0.25, 0.3) is 11.1 Å². The molecule has 0 spiro atoms. The third-order valence-electron chi connectivity index (χ3n) is 7.52. The number of hydrogen-bond donors (Lipinski definition) is 0. The first kappa shape index (κ1) is 27.0. The van der Waals surface area contributed by atoms with Gasteiger partial charge >= 0.3 is 0 Å². The molecule has 0 heterocycles. The molecular formula is C32H34F4O. The topological polar surface area (TPSA) is 9.23 Å². The van der Waals surface area contributed by atoms with Crippen LogP contribution >= 0.6 is 0 Å². The Bertz CT molecular complexity index is 1210. The Hall–Kier alpha value is -3.08. The SMILES string of the molecule is C=CCCCOc1ccc(C2CCC(CCc3ccc(-c4ccc(C)cc4)c(F)c3F)CC2)c(F)c1F. The maximum atomic E-state index is 14.8. The van der Waals surface area contributed by atoms with Crippen LogP contribution in [0.2, 0.25) is 0 Å². The lowest BCUT2D eigenvalue weighted by atomic mass is 9.76. The standard InChI is InChI=1S/C32H34F4O/c1-3-4-5-20-37-28-19-18-27(31(35)32(28)36)24-13-8-22(9-14-24)10-15-25-16-17-26(30(34)29(25)33)23-11-6-21(2)7-12-23/h3,6-7,11-12,16-19,22,24H,1,4-5,8-10,13-15,20H2,2H3. The van der Waals surface area contributed by atoms with E-state index in [9.17, 15) is 17.6 Å². The lowest BCUT2D eigenvalue weighted by molar-refractivity contribution is 0.284. The van der Waals surface area contributed by atoms with E-state index in [0.29, 0.717) is 42.1 Å². The van der Waals surface area contributed by atoms with Gasteiger partial charge < -0.3 is 4.74 Å². The lowest BCUT2D eigenvalue weighted by Gasteiger charge is -2.29. The van der Waals surface area contributed by atoms with Crippen molar-refractivity contribution in [1.82, 2.24) is 0 Å². The minimum atomic E-state index is -0.926. The lowest BCUT2D eigenvalue weighted by Crippen LogP contribution is -2.16. The van der Waals surface area contributed by atoms with Crippen molar-refractivity contribution in [3.05, 3.63) is 101 Å². The molecule has 3 aromatic rings. The van der Waals surface area contributed by atoms with E-state index in [1.54, 1.807) is 36.4 Å². The minimum Gasteiger partial charge on any atom is -0.490 e. The van der Waals surface area contributed by atoms with Crippen molar-refractivity contribution in [3.8, 4) is 16.9 Å². The molecule has 3 aromatic carbocycles. The summed E-state index contributed by atoms with van der Waals surface area (Å²) in [5, 5.41) is 0. The first-order valence-corrected chi connectivity index (χ1v) is 13.1. The molecule has 1 aliphatic carbocycles. The maximum absolute atomic E-state index is 14.8. The van der Waals surface area contributed by atoms with Crippen LogP contribution in [0.15, 0.2) is 61.2 Å². The maximum Gasteiger partial charge on any atom is 0.200 e. The number of benzene rings is 3. The van der Waals surface area contributed by atoms with Crippen molar-refractivity contribution < 1.29 is 22.3 Å². The van der Waals surface area contributed by atoms with Crippen molar-refractivity contribution in [2.75, 3.05) is 6.61 Å². The van der Waals surface area contributed by atoms with Gasteiger partial charge in [-0.15, -0.1) is 6.58 Å². The van der Waals surface area contributed by atoms with Gasteiger partial charge in [-0.25, -0.2) is 13.2 Å². The number of rotatable bonds is 10. The summed E-state index contributed by atoms with van der Waals surface area (Å²) in [7, 11) is 0. The molecule has 0 saturated heterocycles. The summed E-state index contributed by atoms with van der Waals surface area (Å²) in [6, 6.07) is 13.8. The second kappa shape index (κ2) is 12.4. The zero-order chi connectivity index (χ0) is 26.4. The van der Waals surface area contributed by atoms with Gasteiger partial charge in [-0.05, 0) is 92.9 Å². The molecule has 0 radical (unpaired) electrons. The average Bonchev–Trinajstić information content (AvgIpc) is 2.91. The number of allylic oxidation sites excluding steroid dienone is 1. The van der Waals surface area contributed by atoms with Crippen molar-refractivity contribution in [1.29, 1.82) is 0 Å². The number of unbranched alkanes of at least 4 members (excludes halogenated alkanes) is 1. The minimum absolute atomic E-state index is 0.0523. The van der Waals surface area contributed by atoms with E-state index in [-0.39, 0.29) is 17.2 Å². The van der Waals surface area contributed by atoms with Crippen LogP contribution in [-0.4, -0.2) is 6.61 Å². The van der Waals surface area contributed by atoms with Crippen molar-refractivity contribution in [2.24, 2.45) is 5.92 Å². The molecule has 37 heavy (non-hydrogen) atoms. The van der Waals surface area contributed by atoms with E-state index in [1.807, 2.05) is 19.1 Å². The number of aryl methyl sites for hydroxylation is 2. The largest absolute Gasteiger partial charge is 0.490 e. The molecule has 0 N–H and O–H groups in total. The first-order valence-electron chi connectivity index (χ1n) is 13.1. The Morgan fingerprint density at radius 2 is 1.57 bits per heavy atom. The predicted molar refractivity (Wildman–Crippen MR) is 141 cm³/mol. The summed E-state index contributed by atoms with van der Waals surface area (Å²) in [5.41, 5.74) is 2.76. The number of hydrogen-bond acceptors (Lipinski definition) is 1. The van der Waals surface area contributed by atoms with Crippen molar-refractivity contribution in [3.63, 3.8) is 0 Å². The summed E-state index contributed by atoms with van der Waals surface area (Å²) in [4.78, 5) is 0. The predicted octanol–water partition coefficient (Wildman–Crippen LogP) is 9.47. The van der Waals surface area contributed by atoms with Gasteiger partial charge in [-0.1, -0.05) is 54.1 Å². The number of halogens is 4. The van der Waals surface area contributed by atoms with E-state index >= 15 is 0 Å². The van der Waals surface area contributed by atoms with Crippen molar-refractivity contribution >= 4 is 0 Å². The molecule has 4 rings (SSSR count). The van der Waals surface area contributed by atoms with Crippen LogP contribution in [0.5, 0.6) is 5.75 Å². The van der Waals surface area contributed by atoms with Gasteiger partial charge in [0.15, 0.2) is 23.2 Å². The van der Waals surface area contributed by atoms with E-state index in [4.69, 9.17) is 4.74 Å². The van der Waals surface area contributed by atoms with Gasteiger partial charge in [0, 0.05) is 5.56 Å². The fourth-order valence-electron chi connectivity index (χ4n) is 5.24. The average molecular weight is 511 g/mol. The molecule has 1 aliphatic rings. The fourth-order valence-corrected chi connectivity index (χ4v) is 5.24. The quantitative estimate of drug-likeness (QED) is 0.150. The molecule has 1 nitrogen and oxygen atoms in total. The van der Waals surface area contributed by atoms with Gasteiger partial charge in [0.05, 0.1) is 6.61 Å². The second-order valence-corrected chi connectivity index (χ2v) is 10.1. The highest BCUT2D eigenvalue weighted by Crippen LogP contribution is 2.40. The van der Waals surface area contributed by atoms with E-state index in [0.717, 1.165) is 44.1 Å². The van der Waals surface area contributed by atoms with Crippen LogP contribution in [-0.2, 0) is 6.42 Å². The monoisotopic (exact) mass is 510 g/mol. The molecule has 5 heteroatoms.